The number of aryl methyl sites for hydroxylation is 1. The Balaban J connectivity index is 1.41. The van der Waals surface area contributed by atoms with Gasteiger partial charge in [-0.25, -0.2) is 0 Å². The Morgan fingerprint density at radius 1 is 1.21 bits per heavy atom. The molecule has 0 N–H and O–H groups in total. The van der Waals surface area contributed by atoms with Crippen LogP contribution in [0, 0.1) is 5.92 Å². The highest BCUT2D eigenvalue weighted by Crippen LogP contribution is 2.22. The molecule has 5 nitrogen and oxygen atoms in total. The summed E-state index contributed by atoms with van der Waals surface area (Å²) in [5, 5.41) is 4.31. The standard InChI is InChI=1S/C19H25N3O2/c1-2-22-14-10-18(20-22)19(23)21-12-8-16(9-13-21)11-15-24-17-6-4-3-5-7-17/h3-7,10,14,16H,2,8-9,11-13,15H2,1H3. The number of carbonyl (C=O) groups excluding carboxylic acids is 1. The molecule has 1 amide bonds. The van der Waals surface area contributed by atoms with Crippen LogP contribution in [0.4, 0.5) is 0 Å². The number of carbonyl (C=O) groups is 1. The Kier molecular flexibility index (Phi) is 5.51. The van der Waals surface area contributed by atoms with E-state index in [-0.39, 0.29) is 5.91 Å². The summed E-state index contributed by atoms with van der Waals surface area (Å²) in [6, 6.07) is 11.7. The Hall–Kier alpha value is -2.30. The number of amides is 1. The fourth-order valence-corrected chi connectivity index (χ4v) is 3.10. The van der Waals surface area contributed by atoms with Crippen LogP contribution in [0.1, 0.15) is 36.7 Å². The first kappa shape index (κ1) is 16.6. The van der Waals surface area contributed by atoms with Crippen LogP contribution in [-0.2, 0) is 6.54 Å². The first-order chi connectivity index (χ1) is 11.8. The molecule has 0 bridgehead atoms. The number of aromatic nitrogens is 2. The molecule has 1 aliphatic heterocycles. The van der Waals surface area contributed by atoms with Gasteiger partial charge in [0.15, 0.2) is 0 Å². The van der Waals surface area contributed by atoms with Crippen molar-refractivity contribution in [3.8, 4) is 5.75 Å². The van der Waals surface area contributed by atoms with Crippen molar-refractivity contribution in [1.29, 1.82) is 0 Å². The topological polar surface area (TPSA) is 47.4 Å². The molecule has 2 heterocycles. The SMILES string of the molecule is CCn1ccc(C(=O)N2CCC(CCOc3ccccc3)CC2)n1. The van der Waals surface area contributed by atoms with Gasteiger partial charge in [0.2, 0.25) is 0 Å². The highest BCUT2D eigenvalue weighted by molar-refractivity contribution is 5.92. The third-order valence-corrected chi connectivity index (χ3v) is 4.62. The first-order valence-corrected chi connectivity index (χ1v) is 8.77. The number of ether oxygens (including phenoxy) is 1. The predicted octanol–water partition coefficient (Wildman–Crippen LogP) is 3.22. The predicted molar refractivity (Wildman–Crippen MR) is 93.1 cm³/mol. The summed E-state index contributed by atoms with van der Waals surface area (Å²) in [6.45, 7) is 5.17. The second-order valence-electron chi connectivity index (χ2n) is 6.24. The van der Waals surface area contributed by atoms with Crippen LogP contribution in [0.5, 0.6) is 5.75 Å². The van der Waals surface area contributed by atoms with Gasteiger partial charge in [-0.05, 0) is 50.3 Å². The average molecular weight is 327 g/mol. The summed E-state index contributed by atoms with van der Waals surface area (Å²) in [4.78, 5) is 14.4. The number of piperidine rings is 1. The normalized spacial score (nSPS) is 15.5. The van der Waals surface area contributed by atoms with E-state index in [1.54, 1.807) is 4.68 Å². The molecule has 0 unspecified atom stereocenters. The molecule has 3 rings (SSSR count). The number of hydrogen-bond acceptors (Lipinski definition) is 3. The van der Waals surface area contributed by atoms with Gasteiger partial charge in [0, 0.05) is 25.8 Å². The fourth-order valence-electron chi connectivity index (χ4n) is 3.10. The maximum atomic E-state index is 12.5. The van der Waals surface area contributed by atoms with Gasteiger partial charge in [0.25, 0.3) is 5.91 Å². The Morgan fingerprint density at radius 3 is 2.62 bits per heavy atom. The zero-order chi connectivity index (χ0) is 16.8. The Labute approximate surface area is 143 Å². The lowest BCUT2D eigenvalue weighted by Crippen LogP contribution is -2.39. The van der Waals surface area contributed by atoms with Gasteiger partial charge < -0.3 is 9.64 Å². The Morgan fingerprint density at radius 2 is 1.96 bits per heavy atom. The van der Waals surface area contributed by atoms with Crippen molar-refractivity contribution in [2.24, 2.45) is 5.92 Å². The minimum absolute atomic E-state index is 0.0567. The molecule has 0 saturated carbocycles. The summed E-state index contributed by atoms with van der Waals surface area (Å²) in [5.41, 5.74) is 0.558. The van der Waals surface area contributed by atoms with Crippen LogP contribution in [0.25, 0.3) is 0 Å². The van der Waals surface area contributed by atoms with Gasteiger partial charge >= 0.3 is 0 Å². The van der Waals surface area contributed by atoms with Gasteiger partial charge in [-0.3, -0.25) is 9.48 Å². The number of likely N-dealkylation sites (tertiary alicyclic amines) is 1. The van der Waals surface area contributed by atoms with Gasteiger partial charge in [0.1, 0.15) is 11.4 Å². The largest absolute Gasteiger partial charge is 0.494 e. The zero-order valence-electron chi connectivity index (χ0n) is 14.2. The summed E-state index contributed by atoms with van der Waals surface area (Å²) < 4.78 is 7.57. The third-order valence-electron chi connectivity index (χ3n) is 4.62. The number of hydrogen-bond donors (Lipinski definition) is 0. The smallest absolute Gasteiger partial charge is 0.274 e. The number of para-hydroxylation sites is 1. The fraction of sp³-hybridized carbons (Fsp3) is 0.474. The number of nitrogens with zero attached hydrogens (tertiary/aromatic N) is 3. The van der Waals surface area contributed by atoms with Crippen molar-refractivity contribution < 1.29 is 9.53 Å². The van der Waals surface area contributed by atoms with Crippen LogP contribution in [0.2, 0.25) is 0 Å². The van der Waals surface area contributed by atoms with Gasteiger partial charge in [-0.1, -0.05) is 18.2 Å². The van der Waals surface area contributed by atoms with E-state index in [9.17, 15) is 4.79 Å². The molecule has 0 aliphatic carbocycles. The summed E-state index contributed by atoms with van der Waals surface area (Å²) >= 11 is 0. The maximum Gasteiger partial charge on any atom is 0.274 e. The van der Waals surface area contributed by atoms with E-state index in [4.69, 9.17) is 4.74 Å². The van der Waals surface area contributed by atoms with Crippen LogP contribution >= 0.6 is 0 Å². The third kappa shape index (κ3) is 4.16. The van der Waals surface area contributed by atoms with E-state index in [1.165, 1.54) is 0 Å². The molecule has 1 saturated heterocycles. The molecular formula is C19H25N3O2. The lowest BCUT2D eigenvalue weighted by molar-refractivity contribution is 0.0673. The van der Waals surface area contributed by atoms with Crippen molar-refractivity contribution in [3.05, 3.63) is 48.3 Å². The summed E-state index contributed by atoms with van der Waals surface area (Å²) in [5.74, 6) is 1.61. The van der Waals surface area contributed by atoms with Crippen molar-refractivity contribution in [2.45, 2.75) is 32.7 Å². The van der Waals surface area contributed by atoms with E-state index >= 15 is 0 Å². The molecule has 1 aliphatic rings. The highest BCUT2D eigenvalue weighted by atomic mass is 16.5. The van der Waals surface area contributed by atoms with Crippen molar-refractivity contribution in [2.75, 3.05) is 19.7 Å². The minimum Gasteiger partial charge on any atom is -0.494 e. The molecule has 0 radical (unpaired) electrons. The van der Waals surface area contributed by atoms with E-state index in [1.807, 2.05) is 54.4 Å². The zero-order valence-corrected chi connectivity index (χ0v) is 14.2. The van der Waals surface area contributed by atoms with Crippen LogP contribution in [-0.4, -0.2) is 40.3 Å². The van der Waals surface area contributed by atoms with E-state index in [2.05, 4.69) is 5.10 Å². The number of benzene rings is 1. The van der Waals surface area contributed by atoms with Crippen LogP contribution < -0.4 is 4.74 Å². The van der Waals surface area contributed by atoms with E-state index < -0.39 is 0 Å². The summed E-state index contributed by atoms with van der Waals surface area (Å²) in [6.07, 6.45) is 4.99. The minimum atomic E-state index is 0.0567. The maximum absolute atomic E-state index is 12.5. The number of rotatable bonds is 6. The quantitative estimate of drug-likeness (QED) is 0.818. The molecule has 0 atom stereocenters. The van der Waals surface area contributed by atoms with Crippen molar-refractivity contribution >= 4 is 5.91 Å². The van der Waals surface area contributed by atoms with E-state index in [0.29, 0.717) is 11.6 Å². The first-order valence-electron chi connectivity index (χ1n) is 8.77. The molecule has 128 valence electrons. The molecule has 5 heteroatoms. The van der Waals surface area contributed by atoms with Crippen molar-refractivity contribution in [3.63, 3.8) is 0 Å². The molecule has 2 aromatic rings. The molecule has 1 aromatic heterocycles. The molecule has 0 spiro atoms. The second kappa shape index (κ2) is 7.99. The monoisotopic (exact) mass is 327 g/mol. The molecule has 1 aromatic carbocycles. The highest BCUT2D eigenvalue weighted by Gasteiger charge is 2.24. The molecule has 24 heavy (non-hydrogen) atoms. The van der Waals surface area contributed by atoms with Gasteiger partial charge in [-0.15, -0.1) is 0 Å². The van der Waals surface area contributed by atoms with Crippen LogP contribution in [0.3, 0.4) is 0 Å². The average Bonchev–Trinajstić information content (AvgIpc) is 3.12. The molecular weight excluding hydrogens is 302 g/mol. The lowest BCUT2D eigenvalue weighted by Gasteiger charge is -2.31. The van der Waals surface area contributed by atoms with Gasteiger partial charge in [-0.2, -0.15) is 5.10 Å². The van der Waals surface area contributed by atoms with Gasteiger partial charge in [0.05, 0.1) is 6.61 Å². The lowest BCUT2D eigenvalue weighted by atomic mass is 9.94. The van der Waals surface area contributed by atoms with Crippen LogP contribution in [0.15, 0.2) is 42.6 Å². The summed E-state index contributed by atoms with van der Waals surface area (Å²) in [7, 11) is 0. The molecule has 1 fully saturated rings. The second-order valence-corrected chi connectivity index (χ2v) is 6.24. The van der Waals surface area contributed by atoms with Crippen molar-refractivity contribution in [1.82, 2.24) is 14.7 Å². The Bertz CT molecular complexity index is 646. The van der Waals surface area contributed by atoms with E-state index in [0.717, 1.165) is 51.3 Å².